The molecule has 1 saturated heterocycles. The SMILES string of the molecule is Fc1ccc(OCCNC2CCCC2C2COCCN2)cc1. The predicted molar refractivity (Wildman–Crippen MR) is 83.6 cm³/mol. The molecule has 122 valence electrons. The van der Waals surface area contributed by atoms with E-state index in [-0.39, 0.29) is 5.82 Å². The molecule has 0 amide bonds. The first-order valence-electron chi connectivity index (χ1n) is 8.26. The monoisotopic (exact) mass is 308 g/mol. The van der Waals surface area contributed by atoms with Crippen LogP contribution in [0.4, 0.5) is 4.39 Å². The van der Waals surface area contributed by atoms with Crippen LogP contribution in [0, 0.1) is 11.7 Å². The molecule has 0 aromatic heterocycles. The lowest BCUT2D eigenvalue weighted by Gasteiger charge is -2.33. The normalized spacial score (nSPS) is 28.7. The molecule has 3 rings (SSSR count). The van der Waals surface area contributed by atoms with Gasteiger partial charge < -0.3 is 20.1 Å². The lowest BCUT2D eigenvalue weighted by Crippen LogP contribution is -2.51. The van der Waals surface area contributed by atoms with Gasteiger partial charge in [0.05, 0.1) is 13.2 Å². The summed E-state index contributed by atoms with van der Waals surface area (Å²) in [6, 6.07) is 7.19. The highest BCUT2D eigenvalue weighted by molar-refractivity contribution is 5.21. The van der Waals surface area contributed by atoms with Crippen LogP contribution in [0.15, 0.2) is 24.3 Å². The van der Waals surface area contributed by atoms with Crippen molar-refractivity contribution in [1.29, 1.82) is 0 Å². The van der Waals surface area contributed by atoms with Crippen LogP contribution in [0.5, 0.6) is 5.75 Å². The van der Waals surface area contributed by atoms with Crippen molar-refractivity contribution in [3.63, 3.8) is 0 Å². The molecule has 1 saturated carbocycles. The van der Waals surface area contributed by atoms with E-state index in [9.17, 15) is 4.39 Å². The molecule has 22 heavy (non-hydrogen) atoms. The van der Waals surface area contributed by atoms with Gasteiger partial charge in [-0.3, -0.25) is 0 Å². The summed E-state index contributed by atoms with van der Waals surface area (Å²) in [5, 5.41) is 7.20. The molecule has 1 aromatic rings. The largest absolute Gasteiger partial charge is 0.492 e. The maximum absolute atomic E-state index is 12.8. The van der Waals surface area contributed by atoms with Crippen LogP contribution < -0.4 is 15.4 Å². The van der Waals surface area contributed by atoms with E-state index in [4.69, 9.17) is 9.47 Å². The minimum absolute atomic E-state index is 0.235. The fraction of sp³-hybridized carbons (Fsp3) is 0.647. The van der Waals surface area contributed by atoms with Gasteiger partial charge in [-0.25, -0.2) is 4.39 Å². The van der Waals surface area contributed by atoms with Crippen molar-refractivity contribution in [2.45, 2.75) is 31.3 Å². The molecule has 5 heteroatoms. The van der Waals surface area contributed by atoms with E-state index < -0.39 is 0 Å². The van der Waals surface area contributed by atoms with Crippen LogP contribution >= 0.6 is 0 Å². The maximum Gasteiger partial charge on any atom is 0.123 e. The lowest BCUT2D eigenvalue weighted by atomic mass is 9.94. The van der Waals surface area contributed by atoms with Crippen molar-refractivity contribution >= 4 is 0 Å². The highest BCUT2D eigenvalue weighted by atomic mass is 19.1. The third-order valence-electron chi connectivity index (χ3n) is 4.63. The third kappa shape index (κ3) is 4.18. The summed E-state index contributed by atoms with van der Waals surface area (Å²) in [5.41, 5.74) is 0. The molecule has 1 aliphatic heterocycles. The Labute approximate surface area is 131 Å². The zero-order chi connectivity index (χ0) is 15.2. The Morgan fingerprint density at radius 1 is 1.27 bits per heavy atom. The second-order valence-electron chi connectivity index (χ2n) is 6.09. The van der Waals surface area contributed by atoms with Crippen molar-refractivity contribution < 1.29 is 13.9 Å². The van der Waals surface area contributed by atoms with E-state index in [1.54, 1.807) is 12.1 Å². The van der Waals surface area contributed by atoms with Crippen LogP contribution in [-0.2, 0) is 4.74 Å². The first kappa shape index (κ1) is 15.7. The first-order valence-corrected chi connectivity index (χ1v) is 8.26. The maximum atomic E-state index is 12.8. The molecule has 0 bridgehead atoms. The fourth-order valence-electron chi connectivity index (χ4n) is 3.53. The van der Waals surface area contributed by atoms with Gasteiger partial charge in [-0.1, -0.05) is 6.42 Å². The molecular weight excluding hydrogens is 283 g/mol. The van der Waals surface area contributed by atoms with Crippen LogP contribution in [0.1, 0.15) is 19.3 Å². The van der Waals surface area contributed by atoms with Gasteiger partial charge in [-0.2, -0.15) is 0 Å². The summed E-state index contributed by atoms with van der Waals surface area (Å²) in [4.78, 5) is 0. The summed E-state index contributed by atoms with van der Waals surface area (Å²) >= 11 is 0. The summed E-state index contributed by atoms with van der Waals surface area (Å²) < 4.78 is 24.0. The van der Waals surface area contributed by atoms with E-state index in [1.807, 2.05) is 0 Å². The quantitative estimate of drug-likeness (QED) is 0.788. The highest BCUT2D eigenvalue weighted by Crippen LogP contribution is 2.29. The molecule has 3 unspecified atom stereocenters. The predicted octanol–water partition coefficient (Wildman–Crippen LogP) is 1.95. The summed E-state index contributed by atoms with van der Waals surface area (Å²) in [6.45, 7) is 4.03. The first-order chi connectivity index (χ1) is 10.8. The number of halogens is 1. The molecule has 0 spiro atoms. The second-order valence-corrected chi connectivity index (χ2v) is 6.09. The molecule has 0 radical (unpaired) electrons. The Hall–Kier alpha value is -1.17. The number of morpholine rings is 1. The molecule has 2 N–H and O–H groups in total. The van der Waals surface area contributed by atoms with Gasteiger partial charge in [0.1, 0.15) is 18.2 Å². The molecule has 4 nitrogen and oxygen atoms in total. The number of hydrogen-bond donors (Lipinski definition) is 2. The Morgan fingerprint density at radius 2 is 2.14 bits per heavy atom. The smallest absolute Gasteiger partial charge is 0.123 e. The van der Waals surface area contributed by atoms with Gasteiger partial charge in [0.15, 0.2) is 0 Å². The van der Waals surface area contributed by atoms with Crippen molar-refractivity contribution in [1.82, 2.24) is 10.6 Å². The molecule has 1 aliphatic carbocycles. The fourth-order valence-corrected chi connectivity index (χ4v) is 3.53. The topological polar surface area (TPSA) is 42.5 Å². The minimum Gasteiger partial charge on any atom is -0.492 e. The van der Waals surface area contributed by atoms with E-state index in [0.717, 1.165) is 26.3 Å². The summed E-state index contributed by atoms with van der Waals surface area (Å²) in [7, 11) is 0. The molecule has 1 aromatic carbocycles. The number of benzene rings is 1. The Kier molecular flexibility index (Phi) is 5.64. The summed E-state index contributed by atoms with van der Waals surface area (Å²) in [5.74, 6) is 1.13. The third-order valence-corrected chi connectivity index (χ3v) is 4.63. The lowest BCUT2D eigenvalue weighted by molar-refractivity contribution is 0.0523. The average Bonchev–Trinajstić information content (AvgIpc) is 3.02. The van der Waals surface area contributed by atoms with Crippen LogP contribution in [0.25, 0.3) is 0 Å². The van der Waals surface area contributed by atoms with Crippen molar-refractivity contribution in [3.8, 4) is 5.75 Å². The molecule has 1 heterocycles. The van der Waals surface area contributed by atoms with Crippen molar-refractivity contribution in [2.75, 3.05) is 32.9 Å². The number of rotatable bonds is 6. The number of hydrogen-bond acceptors (Lipinski definition) is 4. The Balaban J connectivity index is 1.39. The average molecular weight is 308 g/mol. The highest BCUT2D eigenvalue weighted by Gasteiger charge is 2.34. The van der Waals surface area contributed by atoms with Crippen LogP contribution in [0.2, 0.25) is 0 Å². The van der Waals surface area contributed by atoms with Crippen LogP contribution in [-0.4, -0.2) is 45.0 Å². The molecule has 3 atom stereocenters. The van der Waals surface area contributed by atoms with Gasteiger partial charge in [0.2, 0.25) is 0 Å². The molecular formula is C17H25FN2O2. The number of ether oxygens (including phenoxy) is 2. The van der Waals surface area contributed by atoms with E-state index >= 15 is 0 Å². The van der Waals surface area contributed by atoms with Gasteiger partial charge in [0, 0.05) is 25.2 Å². The zero-order valence-electron chi connectivity index (χ0n) is 12.9. The van der Waals surface area contributed by atoms with Crippen molar-refractivity contribution in [2.24, 2.45) is 5.92 Å². The zero-order valence-corrected chi connectivity index (χ0v) is 12.9. The van der Waals surface area contributed by atoms with E-state index in [2.05, 4.69) is 10.6 Å². The van der Waals surface area contributed by atoms with Gasteiger partial charge in [-0.05, 0) is 43.0 Å². The minimum atomic E-state index is -0.235. The van der Waals surface area contributed by atoms with Gasteiger partial charge in [0.25, 0.3) is 0 Å². The van der Waals surface area contributed by atoms with Crippen LogP contribution in [0.3, 0.4) is 0 Å². The van der Waals surface area contributed by atoms with Gasteiger partial charge in [-0.15, -0.1) is 0 Å². The molecule has 2 fully saturated rings. The van der Waals surface area contributed by atoms with Gasteiger partial charge >= 0.3 is 0 Å². The summed E-state index contributed by atoms with van der Waals surface area (Å²) in [6.07, 6.45) is 3.76. The second kappa shape index (κ2) is 7.90. The number of nitrogens with one attached hydrogen (secondary N) is 2. The standard InChI is InChI=1S/C17H25FN2O2/c18-13-4-6-14(7-5-13)22-11-9-19-16-3-1-2-15(16)17-12-21-10-8-20-17/h4-7,15-17,19-20H,1-3,8-12H2. The Morgan fingerprint density at radius 3 is 2.91 bits per heavy atom. The van der Waals surface area contributed by atoms with Crippen molar-refractivity contribution in [3.05, 3.63) is 30.1 Å². The Bertz CT molecular complexity index is 448. The van der Waals surface area contributed by atoms with E-state index in [0.29, 0.717) is 30.4 Å². The van der Waals surface area contributed by atoms with E-state index in [1.165, 1.54) is 31.4 Å². The molecule has 2 aliphatic rings.